The lowest BCUT2D eigenvalue weighted by molar-refractivity contribution is -0.140. The lowest BCUT2D eigenvalue weighted by Gasteiger charge is -2.42. The molecule has 6 heteroatoms. The topological polar surface area (TPSA) is 59.2 Å². The van der Waals surface area contributed by atoms with E-state index in [4.69, 9.17) is 16.1 Å². The number of benzene rings is 3. The maximum absolute atomic E-state index is 14.0. The number of rotatable bonds is 7. The summed E-state index contributed by atoms with van der Waals surface area (Å²) in [6.07, 6.45) is 3.13. The summed E-state index contributed by atoms with van der Waals surface area (Å²) in [7, 11) is 0. The van der Waals surface area contributed by atoms with Crippen molar-refractivity contribution in [3.63, 3.8) is 0 Å². The Morgan fingerprint density at radius 2 is 1.53 bits per heavy atom. The minimum absolute atomic E-state index is 0.0806. The van der Waals surface area contributed by atoms with Crippen LogP contribution >= 0.6 is 11.6 Å². The van der Waals surface area contributed by atoms with Crippen molar-refractivity contribution in [2.24, 2.45) is 0 Å². The molecule has 5 nitrogen and oxygen atoms in total. The number of piperidine rings is 1. The molecule has 0 bridgehead atoms. The zero-order valence-electron chi connectivity index (χ0n) is 18.9. The van der Waals surface area contributed by atoms with Gasteiger partial charge in [-0.2, -0.15) is 4.98 Å². The summed E-state index contributed by atoms with van der Waals surface area (Å²) in [5, 5.41) is 4.86. The minimum atomic E-state index is -0.710. The van der Waals surface area contributed by atoms with Crippen LogP contribution in [0.15, 0.2) is 89.5 Å². The van der Waals surface area contributed by atoms with Crippen LogP contribution < -0.4 is 0 Å². The van der Waals surface area contributed by atoms with Gasteiger partial charge in [-0.25, -0.2) is 0 Å². The second-order valence-electron chi connectivity index (χ2n) is 8.70. The number of likely N-dealkylation sites (tertiary alicyclic amines) is 1. The van der Waals surface area contributed by atoms with E-state index in [2.05, 4.69) is 34.4 Å². The molecular weight excluding hydrogens is 446 g/mol. The smallest absolute Gasteiger partial charge is 0.246 e. The quantitative estimate of drug-likeness (QED) is 0.351. The molecule has 0 unspecified atom stereocenters. The van der Waals surface area contributed by atoms with Gasteiger partial charge in [-0.15, -0.1) is 0 Å². The average Bonchev–Trinajstić information content (AvgIpc) is 3.33. The first-order chi connectivity index (χ1) is 16.6. The molecule has 0 radical (unpaired) electrons. The molecular formula is C28H26ClN3O2. The van der Waals surface area contributed by atoms with Gasteiger partial charge >= 0.3 is 0 Å². The van der Waals surface area contributed by atoms with Gasteiger partial charge in [0.1, 0.15) is 6.54 Å². The molecule has 1 fully saturated rings. The van der Waals surface area contributed by atoms with E-state index in [0.717, 1.165) is 41.0 Å². The number of carbonyl (C=O) groups is 1. The van der Waals surface area contributed by atoms with Crippen LogP contribution in [0, 0.1) is 0 Å². The number of aryl methyl sites for hydroxylation is 2. The molecule has 1 aliphatic heterocycles. The summed E-state index contributed by atoms with van der Waals surface area (Å²) in [6.45, 7) is 0.983. The van der Waals surface area contributed by atoms with Gasteiger partial charge < -0.3 is 9.42 Å². The summed E-state index contributed by atoms with van der Waals surface area (Å²) in [5.74, 6) is 1.19. The third-order valence-electron chi connectivity index (χ3n) is 6.55. The normalized spacial score (nSPS) is 15.4. The molecule has 0 atom stereocenters. The summed E-state index contributed by atoms with van der Waals surface area (Å²) in [4.78, 5) is 20.5. The van der Waals surface area contributed by atoms with Gasteiger partial charge in [-0.1, -0.05) is 89.6 Å². The summed E-state index contributed by atoms with van der Waals surface area (Å²) < 4.78 is 5.53. The highest BCUT2D eigenvalue weighted by Gasteiger charge is 2.46. The molecule has 0 spiro atoms. The number of aromatic nitrogens is 2. The molecule has 1 aliphatic rings. The fraction of sp³-hybridized carbons (Fsp3) is 0.250. The van der Waals surface area contributed by atoms with Crippen LogP contribution in [0.4, 0.5) is 0 Å². The van der Waals surface area contributed by atoms with Gasteiger partial charge in [0.05, 0.1) is 5.41 Å². The van der Waals surface area contributed by atoms with Crippen LogP contribution in [0.5, 0.6) is 0 Å². The van der Waals surface area contributed by atoms with E-state index in [0.29, 0.717) is 31.2 Å². The molecule has 1 saturated heterocycles. The Hall–Kier alpha value is -3.44. The van der Waals surface area contributed by atoms with Crippen LogP contribution in [-0.2, 0) is 29.6 Å². The predicted molar refractivity (Wildman–Crippen MR) is 131 cm³/mol. The van der Waals surface area contributed by atoms with E-state index in [9.17, 15) is 4.79 Å². The zero-order valence-corrected chi connectivity index (χ0v) is 19.6. The highest BCUT2D eigenvalue weighted by Crippen LogP contribution is 2.41. The first-order valence-corrected chi connectivity index (χ1v) is 12.0. The molecule has 0 N–H and O–H groups in total. The first-order valence-electron chi connectivity index (χ1n) is 11.6. The van der Waals surface area contributed by atoms with E-state index in [-0.39, 0.29) is 5.91 Å². The summed E-state index contributed by atoms with van der Waals surface area (Å²) >= 11 is 5.96. The number of carbonyl (C=O) groups excluding carboxylic acids is 1. The molecule has 0 aliphatic carbocycles. The molecule has 4 aromatic rings. The van der Waals surface area contributed by atoms with E-state index < -0.39 is 5.41 Å². The van der Waals surface area contributed by atoms with Crippen LogP contribution in [0.1, 0.15) is 41.2 Å². The SMILES string of the molecule is O=C1N(Cc2nc(CCc3ccc(Cl)cc3)no2)CCCC1(c1ccccc1)c1ccccc1. The van der Waals surface area contributed by atoms with E-state index in [1.165, 1.54) is 0 Å². The molecule has 34 heavy (non-hydrogen) atoms. The van der Waals surface area contributed by atoms with Crippen molar-refractivity contribution in [3.8, 4) is 0 Å². The van der Waals surface area contributed by atoms with Crippen molar-refractivity contribution < 1.29 is 9.32 Å². The Labute approximate surface area is 204 Å². The summed E-state index contributed by atoms with van der Waals surface area (Å²) in [6, 6.07) is 27.9. The van der Waals surface area contributed by atoms with Crippen molar-refractivity contribution in [2.45, 2.75) is 37.6 Å². The monoisotopic (exact) mass is 471 g/mol. The average molecular weight is 472 g/mol. The zero-order chi connectivity index (χ0) is 23.4. The highest BCUT2D eigenvalue weighted by atomic mass is 35.5. The minimum Gasteiger partial charge on any atom is -0.337 e. The Bertz CT molecular complexity index is 1200. The van der Waals surface area contributed by atoms with Crippen LogP contribution in [0.2, 0.25) is 5.02 Å². The number of hydrogen-bond acceptors (Lipinski definition) is 4. The van der Waals surface area contributed by atoms with E-state index in [1.807, 2.05) is 65.6 Å². The van der Waals surface area contributed by atoms with Crippen molar-refractivity contribution >= 4 is 17.5 Å². The molecule has 1 aromatic heterocycles. The van der Waals surface area contributed by atoms with Gasteiger partial charge in [-0.05, 0) is 48.1 Å². The van der Waals surface area contributed by atoms with Crippen LogP contribution in [0.3, 0.4) is 0 Å². The molecule has 2 heterocycles. The second kappa shape index (κ2) is 9.82. The maximum Gasteiger partial charge on any atom is 0.246 e. The Morgan fingerprint density at radius 3 is 2.18 bits per heavy atom. The van der Waals surface area contributed by atoms with Gasteiger partial charge in [0.15, 0.2) is 5.82 Å². The largest absolute Gasteiger partial charge is 0.337 e. The van der Waals surface area contributed by atoms with Gasteiger partial charge in [0.2, 0.25) is 11.8 Å². The third kappa shape index (κ3) is 4.48. The number of halogens is 1. The van der Waals surface area contributed by atoms with Crippen molar-refractivity contribution in [2.75, 3.05) is 6.54 Å². The van der Waals surface area contributed by atoms with Crippen molar-refractivity contribution in [1.82, 2.24) is 15.0 Å². The Morgan fingerprint density at radius 1 is 0.882 bits per heavy atom. The Balaban J connectivity index is 1.35. The molecule has 0 saturated carbocycles. The highest BCUT2D eigenvalue weighted by molar-refractivity contribution is 6.30. The second-order valence-corrected chi connectivity index (χ2v) is 9.13. The summed E-state index contributed by atoms with van der Waals surface area (Å²) in [5.41, 5.74) is 2.49. The maximum atomic E-state index is 14.0. The van der Waals surface area contributed by atoms with E-state index >= 15 is 0 Å². The van der Waals surface area contributed by atoms with Crippen LogP contribution in [-0.4, -0.2) is 27.5 Å². The number of hydrogen-bond donors (Lipinski definition) is 0. The van der Waals surface area contributed by atoms with Crippen LogP contribution in [0.25, 0.3) is 0 Å². The Kier molecular flexibility index (Phi) is 6.45. The lowest BCUT2D eigenvalue weighted by Crippen LogP contribution is -2.51. The van der Waals surface area contributed by atoms with Gasteiger partial charge in [-0.3, -0.25) is 4.79 Å². The molecule has 172 valence electrons. The van der Waals surface area contributed by atoms with Crippen molar-refractivity contribution in [1.29, 1.82) is 0 Å². The van der Waals surface area contributed by atoms with Gasteiger partial charge in [0.25, 0.3) is 0 Å². The molecule has 3 aromatic carbocycles. The fourth-order valence-electron chi connectivity index (χ4n) is 4.84. The predicted octanol–water partition coefficient (Wildman–Crippen LogP) is 5.62. The van der Waals surface area contributed by atoms with Gasteiger partial charge in [0, 0.05) is 18.0 Å². The van der Waals surface area contributed by atoms with E-state index in [1.54, 1.807) is 0 Å². The first kappa shape index (κ1) is 22.4. The molecule has 5 rings (SSSR count). The van der Waals surface area contributed by atoms with Crippen molar-refractivity contribution in [3.05, 3.63) is 118 Å². The lowest BCUT2D eigenvalue weighted by atomic mass is 9.68. The number of nitrogens with zero attached hydrogens (tertiary/aromatic N) is 3. The standard InChI is InChI=1S/C28H26ClN3O2/c29-24-15-12-21(13-16-24)14-17-25-30-26(34-31-25)20-32-19-7-18-28(27(32)33,22-8-3-1-4-9-22)23-10-5-2-6-11-23/h1-6,8-13,15-16H,7,14,17-20H2. The third-order valence-corrected chi connectivity index (χ3v) is 6.80. The number of amides is 1. The molecule has 1 amide bonds. The fourth-order valence-corrected chi connectivity index (χ4v) is 4.96.